The summed E-state index contributed by atoms with van der Waals surface area (Å²) in [5.74, 6) is -0.310. The molecule has 1 N–H and O–H groups in total. The zero-order valence-electron chi connectivity index (χ0n) is 10.2. The van der Waals surface area contributed by atoms with Gasteiger partial charge in [0.25, 0.3) is 0 Å². The highest BCUT2D eigenvalue weighted by Crippen LogP contribution is 2.29. The van der Waals surface area contributed by atoms with E-state index in [1.54, 1.807) is 29.8 Å². The van der Waals surface area contributed by atoms with Crippen LogP contribution in [0.1, 0.15) is 11.1 Å². The van der Waals surface area contributed by atoms with E-state index >= 15 is 0 Å². The Morgan fingerprint density at radius 1 is 1.37 bits per heavy atom. The molecule has 0 amide bonds. The minimum absolute atomic E-state index is 0.310. The van der Waals surface area contributed by atoms with E-state index in [2.05, 4.69) is 20.5 Å². The monoisotopic (exact) mass is 274 g/mol. The van der Waals surface area contributed by atoms with Gasteiger partial charge in [-0.25, -0.2) is 4.39 Å². The van der Waals surface area contributed by atoms with Gasteiger partial charge in [0.15, 0.2) is 0 Å². The molecular formula is C13H11FN4S. The molecule has 0 unspecified atom stereocenters. The van der Waals surface area contributed by atoms with Gasteiger partial charge in [0.1, 0.15) is 11.3 Å². The van der Waals surface area contributed by atoms with Crippen LogP contribution in [0.2, 0.25) is 0 Å². The highest BCUT2D eigenvalue weighted by molar-refractivity contribution is 7.18. The molecule has 0 aliphatic heterocycles. The standard InChI is InChI=1S/C13H11FN4S/c1-8-7-19-13-11(6-17-18-12(8)13)16-4-9-2-3-15-5-10(9)14/h2-3,5-7H,4H2,1H3,(H,16,18). The maximum Gasteiger partial charge on any atom is 0.146 e. The van der Waals surface area contributed by atoms with Crippen molar-refractivity contribution in [2.45, 2.75) is 13.5 Å². The maximum atomic E-state index is 13.5. The summed E-state index contributed by atoms with van der Waals surface area (Å²) in [5, 5.41) is 13.3. The predicted octanol–water partition coefficient (Wildman–Crippen LogP) is 3.15. The molecule has 0 atom stereocenters. The molecule has 96 valence electrons. The fourth-order valence-corrected chi connectivity index (χ4v) is 2.79. The zero-order valence-corrected chi connectivity index (χ0v) is 11.0. The first kappa shape index (κ1) is 12.0. The third-order valence-electron chi connectivity index (χ3n) is 2.86. The molecule has 0 aromatic carbocycles. The van der Waals surface area contributed by atoms with E-state index in [0.29, 0.717) is 12.1 Å². The van der Waals surface area contributed by atoms with Crippen LogP contribution in [0.25, 0.3) is 10.2 Å². The second kappa shape index (κ2) is 4.89. The van der Waals surface area contributed by atoms with E-state index in [0.717, 1.165) is 21.5 Å². The van der Waals surface area contributed by atoms with Crippen molar-refractivity contribution in [3.8, 4) is 0 Å². The molecule has 0 radical (unpaired) electrons. The number of hydrogen-bond donors (Lipinski definition) is 1. The predicted molar refractivity (Wildman–Crippen MR) is 73.7 cm³/mol. The number of aromatic nitrogens is 3. The average molecular weight is 274 g/mol. The van der Waals surface area contributed by atoms with Crippen LogP contribution in [0.15, 0.2) is 30.0 Å². The summed E-state index contributed by atoms with van der Waals surface area (Å²) in [7, 11) is 0. The van der Waals surface area contributed by atoms with Crippen LogP contribution in [-0.4, -0.2) is 15.2 Å². The van der Waals surface area contributed by atoms with E-state index < -0.39 is 0 Å². The fourth-order valence-electron chi connectivity index (χ4n) is 1.82. The summed E-state index contributed by atoms with van der Waals surface area (Å²) in [6, 6.07) is 1.66. The number of halogens is 1. The van der Waals surface area contributed by atoms with Crippen molar-refractivity contribution in [2.24, 2.45) is 0 Å². The van der Waals surface area contributed by atoms with E-state index in [4.69, 9.17) is 0 Å². The first-order valence-corrected chi connectivity index (χ1v) is 6.65. The van der Waals surface area contributed by atoms with E-state index in [1.807, 2.05) is 12.3 Å². The number of pyridine rings is 1. The molecular weight excluding hydrogens is 263 g/mol. The van der Waals surface area contributed by atoms with Crippen molar-refractivity contribution < 1.29 is 4.39 Å². The summed E-state index contributed by atoms with van der Waals surface area (Å²) < 4.78 is 14.5. The van der Waals surface area contributed by atoms with Gasteiger partial charge < -0.3 is 5.32 Å². The second-order valence-corrected chi connectivity index (χ2v) is 5.05. The Morgan fingerprint density at radius 3 is 3.11 bits per heavy atom. The summed E-state index contributed by atoms with van der Waals surface area (Å²) in [5.41, 5.74) is 3.45. The molecule has 3 heterocycles. The number of fused-ring (bicyclic) bond motifs is 1. The lowest BCUT2D eigenvalue weighted by atomic mass is 10.2. The van der Waals surface area contributed by atoms with Crippen LogP contribution < -0.4 is 5.32 Å². The van der Waals surface area contributed by atoms with Gasteiger partial charge in [-0.15, -0.1) is 16.4 Å². The molecule has 4 nitrogen and oxygen atoms in total. The Morgan fingerprint density at radius 2 is 2.26 bits per heavy atom. The lowest BCUT2D eigenvalue weighted by molar-refractivity contribution is 0.606. The SMILES string of the molecule is Cc1csc2c(NCc3ccncc3F)cnnc12. The molecule has 0 aliphatic carbocycles. The number of nitrogens with one attached hydrogen (secondary N) is 1. The molecule has 3 aromatic heterocycles. The van der Waals surface area contributed by atoms with Crippen molar-refractivity contribution in [1.82, 2.24) is 15.2 Å². The average Bonchev–Trinajstić information content (AvgIpc) is 2.81. The molecule has 0 fully saturated rings. The number of hydrogen-bond acceptors (Lipinski definition) is 5. The molecule has 0 bridgehead atoms. The van der Waals surface area contributed by atoms with Crippen molar-refractivity contribution in [3.63, 3.8) is 0 Å². The largest absolute Gasteiger partial charge is 0.378 e. The molecule has 0 saturated carbocycles. The van der Waals surface area contributed by atoms with Gasteiger partial charge in [-0.2, -0.15) is 5.10 Å². The Hall–Kier alpha value is -2.08. The third-order valence-corrected chi connectivity index (χ3v) is 3.98. The smallest absolute Gasteiger partial charge is 0.146 e. The number of thiophene rings is 1. The molecule has 19 heavy (non-hydrogen) atoms. The highest BCUT2D eigenvalue weighted by atomic mass is 32.1. The van der Waals surface area contributed by atoms with Gasteiger partial charge in [-0.1, -0.05) is 0 Å². The molecule has 0 spiro atoms. The summed E-state index contributed by atoms with van der Waals surface area (Å²) in [6.07, 6.45) is 4.46. The minimum atomic E-state index is -0.310. The van der Waals surface area contributed by atoms with Crippen molar-refractivity contribution in [1.29, 1.82) is 0 Å². The summed E-state index contributed by atoms with van der Waals surface area (Å²) >= 11 is 1.61. The van der Waals surface area contributed by atoms with Crippen molar-refractivity contribution in [2.75, 3.05) is 5.32 Å². The Kier molecular flexibility index (Phi) is 3.08. The molecule has 0 saturated heterocycles. The van der Waals surface area contributed by atoms with Gasteiger partial charge >= 0.3 is 0 Å². The molecule has 3 aromatic rings. The highest BCUT2D eigenvalue weighted by Gasteiger charge is 2.08. The number of aryl methyl sites for hydroxylation is 1. The number of nitrogens with zero attached hydrogens (tertiary/aromatic N) is 3. The Bertz CT molecular complexity index is 725. The van der Waals surface area contributed by atoms with E-state index in [9.17, 15) is 4.39 Å². The quantitative estimate of drug-likeness (QED) is 0.797. The van der Waals surface area contributed by atoms with Crippen LogP contribution in [0, 0.1) is 12.7 Å². The Labute approximate surface area is 113 Å². The number of anilines is 1. The lowest BCUT2D eigenvalue weighted by Gasteiger charge is -2.07. The summed E-state index contributed by atoms with van der Waals surface area (Å²) in [6.45, 7) is 2.39. The van der Waals surface area contributed by atoms with Crippen molar-refractivity contribution in [3.05, 3.63) is 47.0 Å². The molecule has 6 heteroatoms. The van der Waals surface area contributed by atoms with Crippen LogP contribution in [-0.2, 0) is 6.54 Å². The van der Waals surface area contributed by atoms with Crippen LogP contribution in [0.4, 0.5) is 10.1 Å². The summed E-state index contributed by atoms with van der Waals surface area (Å²) in [4.78, 5) is 3.73. The maximum absolute atomic E-state index is 13.5. The van der Waals surface area contributed by atoms with Crippen LogP contribution in [0.3, 0.4) is 0 Å². The second-order valence-electron chi connectivity index (χ2n) is 4.18. The van der Waals surface area contributed by atoms with Gasteiger partial charge in [0.2, 0.25) is 0 Å². The van der Waals surface area contributed by atoms with Gasteiger partial charge in [0.05, 0.1) is 22.8 Å². The lowest BCUT2D eigenvalue weighted by Crippen LogP contribution is -2.03. The fraction of sp³-hybridized carbons (Fsp3) is 0.154. The zero-order chi connectivity index (χ0) is 13.2. The van der Waals surface area contributed by atoms with Gasteiger partial charge in [-0.3, -0.25) is 4.98 Å². The van der Waals surface area contributed by atoms with Crippen molar-refractivity contribution >= 4 is 27.2 Å². The normalized spacial score (nSPS) is 10.8. The Balaban J connectivity index is 1.88. The third kappa shape index (κ3) is 2.26. The van der Waals surface area contributed by atoms with Gasteiger partial charge in [-0.05, 0) is 23.9 Å². The molecule has 3 rings (SSSR count). The first-order chi connectivity index (χ1) is 9.25. The van der Waals surface area contributed by atoms with Crippen LogP contribution >= 0.6 is 11.3 Å². The number of rotatable bonds is 3. The van der Waals surface area contributed by atoms with Crippen LogP contribution in [0.5, 0.6) is 0 Å². The topological polar surface area (TPSA) is 50.7 Å². The minimum Gasteiger partial charge on any atom is -0.378 e. The van der Waals surface area contributed by atoms with E-state index in [1.165, 1.54) is 6.20 Å². The van der Waals surface area contributed by atoms with Gasteiger partial charge in [0, 0.05) is 18.3 Å². The molecule has 0 aliphatic rings. The first-order valence-electron chi connectivity index (χ1n) is 5.77. The van der Waals surface area contributed by atoms with E-state index in [-0.39, 0.29) is 5.82 Å².